The van der Waals surface area contributed by atoms with Gasteiger partial charge in [0, 0.05) is 5.38 Å². The van der Waals surface area contributed by atoms with E-state index in [0.717, 1.165) is 10.7 Å². The number of amides is 1. The van der Waals surface area contributed by atoms with E-state index < -0.39 is 11.9 Å². The number of nitrogens with zero attached hydrogens (tertiary/aromatic N) is 1. The van der Waals surface area contributed by atoms with Crippen LogP contribution >= 0.6 is 11.3 Å². The molecule has 0 radical (unpaired) electrons. The Labute approximate surface area is 159 Å². The van der Waals surface area contributed by atoms with Crippen molar-refractivity contribution in [3.8, 4) is 5.75 Å². The van der Waals surface area contributed by atoms with Gasteiger partial charge in [0.05, 0.1) is 23.5 Å². The van der Waals surface area contributed by atoms with E-state index in [2.05, 4.69) is 10.3 Å². The number of para-hydroxylation sites is 1. The predicted molar refractivity (Wildman–Crippen MR) is 98.5 cm³/mol. The van der Waals surface area contributed by atoms with Gasteiger partial charge in [0.25, 0.3) is 5.91 Å². The van der Waals surface area contributed by atoms with E-state index in [-0.39, 0.29) is 25.3 Å². The lowest BCUT2D eigenvalue weighted by Gasteiger charge is -2.10. The molecule has 3 aromatic rings. The Morgan fingerprint density at radius 1 is 1.22 bits per heavy atom. The van der Waals surface area contributed by atoms with Gasteiger partial charge in [-0.1, -0.05) is 12.1 Å². The van der Waals surface area contributed by atoms with E-state index >= 15 is 0 Å². The van der Waals surface area contributed by atoms with Gasteiger partial charge in [0.15, 0.2) is 6.61 Å². The molecule has 1 N–H and O–H groups in total. The summed E-state index contributed by atoms with van der Waals surface area (Å²) in [6.07, 6.45) is 1.52. The molecule has 8 heteroatoms. The normalized spacial score (nSPS) is 10.4. The molecule has 2 heterocycles. The van der Waals surface area contributed by atoms with Gasteiger partial charge in [-0.3, -0.25) is 4.79 Å². The summed E-state index contributed by atoms with van der Waals surface area (Å²) in [5.41, 5.74) is 1.04. The minimum Gasteiger partial charge on any atom is -0.486 e. The molecule has 27 heavy (non-hydrogen) atoms. The molecule has 0 bridgehead atoms. The second-order valence-electron chi connectivity index (χ2n) is 5.57. The van der Waals surface area contributed by atoms with Crippen molar-refractivity contribution in [3.63, 3.8) is 0 Å². The molecule has 1 amide bonds. The first-order chi connectivity index (χ1) is 13.1. The molecular formula is C19H18N2O5S. The molecule has 140 valence electrons. The number of hydrogen-bond donors (Lipinski definition) is 1. The lowest BCUT2D eigenvalue weighted by molar-refractivity contribution is -0.124. The van der Waals surface area contributed by atoms with Crippen LogP contribution in [0.5, 0.6) is 5.75 Å². The van der Waals surface area contributed by atoms with E-state index in [1.54, 1.807) is 36.4 Å². The fourth-order valence-corrected chi connectivity index (χ4v) is 2.84. The highest BCUT2D eigenvalue weighted by molar-refractivity contribution is 7.09. The first-order valence-electron chi connectivity index (χ1n) is 8.21. The smallest absolute Gasteiger partial charge is 0.342 e. The van der Waals surface area contributed by atoms with Crippen LogP contribution in [0, 0.1) is 6.92 Å². The molecule has 0 atom stereocenters. The van der Waals surface area contributed by atoms with E-state index in [0.29, 0.717) is 11.5 Å². The quantitative estimate of drug-likeness (QED) is 0.598. The summed E-state index contributed by atoms with van der Waals surface area (Å²) in [7, 11) is 0. The van der Waals surface area contributed by atoms with Crippen molar-refractivity contribution < 1.29 is 23.5 Å². The third-order valence-electron chi connectivity index (χ3n) is 3.52. The van der Waals surface area contributed by atoms with Crippen LogP contribution in [0.2, 0.25) is 0 Å². The summed E-state index contributed by atoms with van der Waals surface area (Å²) in [6, 6.07) is 10.2. The third-order valence-corrected chi connectivity index (χ3v) is 4.35. The molecule has 1 aromatic carbocycles. The van der Waals surface area contributed by atoms with Gasteiger partial charge >= 0.3 is 5.97 Å². The Hall–Kier alpha value is -3.13. The summed E-state index contributed by atoms with van der Waals surface area (Å²) in [6.45, 7) is 2.00. The van der Waals surface area contributed by atoms with Gasteiger partial charge in [0.1, 0.15) is 23.7 Å². The van der Waals surface area contributed by atoms with Crippen LogP contribution in [0.1, 0.15) is 26.8 Å². The number of ether oxygens (including phenoxy) is 2. The number of aryl methyl sites for hydroxylation is 1. The van der Waals surface area contributed by atoms with Gasteiger partial charge < -0.3 is 19.2 Å². The van der Waals surface area contributed by atoms with E-state index in [1.807, 2.05) is 12.3 Å². The summed E-state index contributed by atoms with van der Waals surface area (Å²) in [5.74, 6) is -0.0563. The Kier molecular flexibility index (Phi) is 6.22. The number of carbonyl (C=O) groups is 2. The number of nitrogens with one attached hydrogen (secondary N) is 1. The number of hydrogen-bond acceptors (Lipinski definition) is 7. The fraction of sp³-hybridized carbons (Fsp3) is 0.211. The van der Waals surface area contributed by atoms with Gasteiger partial charge in [-0.05, 0) is 31.2 Å². The zero-order chi connectivity index (χ0) is 19.1. The Balaban J connectivity index is 1.52. The number of thiazole rings is 1. The Bertz CT molecular complexity index is 904. The van der Waals surface area contributed by atoms with Gasteiger partial charge in [-0.15, -0.1) is 11.3 Å². The minimum atomic E-state index is -0.631. The summed E-state index contributed by atoms with van der Waals surface area (Å²) >= 11 is 1.53. The van der Waals surface area contributed by atoms with Crippen LogP contribution in [0.4, 0.5) is 0 Å². The summed E-state index contributed by atoms with van der Waals surface area (Å²) in [4.78, 5) is 28.4. The average molecular weight is 386 g/mol. The predicted octanol–water partition coefficient (Wildman–Crippen LogP) is 3.10. The van der Waals surface area contributed by atoms with Gasteiger partial charge in [-0.25, -0.2) is 9.78 Å². The topological polar surface area (TPSA) is 90.7 Å². The largest absolute Gasteiger partial charge is 0.486 e. The van der Waals surface area contributed by atoms with E-state index in [9.17, 15) is 9.59 Å². The van der Waals surface area contributed by atoms with Gasteiger partial charge in [0.2, 0.25) is 0 Å². The molecule has 0 aliphatic rings. The van der Waals surface area contributed by atoms with E-state index in [1.165, 1.54) is 17.6 Å². The number of carbonyl (C=O) groups excluding carboxylic acids is 2. The molecule has 0 fully saturated rings. The number of aromatic nitrogens is 1. The zero-order valence-electron chi connectivity index (χ0n) is 14.6. The van der Waals surface area contributed by atoms with Crippen molar-refractivity contribution in [1.82, 2.24) is 10.3 Å². The highest BCUT2D eigenvalue weighted by Crippen LogP contribution is 2.21. The van der Waals surface area contributed by atoms with Crippen molar-refractivity contribution in [2.45, 2.75) is 20.1 Å². The second kappa shape index (κ2) is 9.00. The van der Waals surface area contributed by atoms with Crippen LogP contribution < -0.4 is 10.1 Å². The minimum absolute atomic E-state index is 0.232. The van der Waals surface area contributed by atoms with Crippen LogP contribution in [0.15, 0.2) is 52.5 Å². The first kappa shape index (κ1) is 18.7. The molecular weight excluding hydrogens is 368 g/mol. The Morgan fingerprint density at radius 3 is 2.81 bits per heavy atom. The lowest BCUT2D eigenvalue weighted by atomic mass is 10.2. The Morgan fingerprint density at radius 2 is 2.07 bits per heavy atom. The number of furan rings is 1. The zero-order valence-corrected chi connectivity index (χ0v) is 15.5. The van der Waals surface area contributed by atoms with Crippen molar-refractivity contribution in [3.05, 3.63) is 70.1 Å². The molecule has 0 aliphatic carbocycles. The number of benzene rings is 1. The SMILES string of the molecule is Cc1nc(COc2ccccc2C(=O)OCC(=O)NCc2ccco2)cs1. The fourth-order valence-electron chi connectivity index (χ4n) is 2.25. The molecule has 0 saturated heterocycles. The molecule has 3 rings (SSSR count). The average Bonchev–Trinajstić information content (AvgIpc) is 3.34. The van der Waals surface area contributed by atoms with Crippen molar-refractivity contribution >= 4 is 23.2 Å². The number of rotatable bonds is 8. The molecule has 2 aromatic heterocycles. The van der Waals surface area contributed by atoms with Crippen molar-refractivity contribution in [1.29, 1.82) is 0 Å². The monoisotopic (exact) mass is 386 g/mol. The maximum absolute atomic E-state index is 12.3. The first-order valence-corrected chi connectivity index (χ1v) is 9.09. The van der Waals surface area contributed by atoms with Crippen LogP contribution in [-0.2, 0) is 22.7 Å². The van der Waals surface area contributed by atoms with Crippen molar-refractivity contribution in [2.24, 2.45) is 0 Å². The highest BCUT2D eigenvalue weighted by Gasteiger charge is 2.16. The summed E-state index contributed by atoms with van der Waals surface area (Å²) < 4.78 is 15.9. The van der Waals surface area contributed by atoms with Crippen LogP contribution in [0.3, 0.4) is 0 Å². The standard InChI is InChI=1S/C19H18N2O5S/c1-13-21-14(12-27-13)10-25-17-7-3-2-6-16(17)19(23)26-11-18(22)20-9-15-5-4-8-24-15/h2-8,12H,9-11H2,1H3,(H,20,22). The third kappa shape index (κ3) is 5.42. The number of esters is 1. The molecule has 0 spiro atoms. The maximum atomic E-state index is 12.3. The molecule has 7 nitrogen and oxygen atoms in total. The highest BCUT2D eigenvalue weighted by atomic mass is 32.1. The van der Waals surface area contributed by atoms with Gasteiger partial charge in [-0.2, -0.15) is 0 Å². The summed E-state index contributed by atoms with van der Waals surface area (Å²) in [5, 5.41) is 5.46. The van der Waals surface area contributed by atoms with Crippen LogP contribution in [0.25, 0.3) is 0 Å². The molecule has 0 saturated carbocycles. The molecule has 0 aliphatic heterocycles. The van der Waals surface area contributed by atoms with E-state index in [4.69, 9.17) is 13.9 Å². The van der Waals surface area contributed by atoms with Crippen molar-refractivity contribution in [2.75, 3.05) is 6.61 Å². The second-order valence-corrected chi connectivity index (χ2v) is 6.64. The molecule has 0 unspecified atom stereocenters. The maximum Gasteiger partial charge on any atom is 0.342 e. The van der Waals surface area contributed by atoms with Crippen LogP contribution in [-0.4, -0.2) is 23.5 Å². The lowest BCUT2D eigenvalue weighted by Crippen LogP contribution is -2.28.